The number of carbonyl (C=O) groups is 1. The minimum atomic E-state index is 0.713. The van der Waals surface area contributed by atoms with Gasteiger partial charge in [-0.25, -0.2) is 0 Å². The predicted molar refractivity (Wildman–Crippen MR) is 33.3 cm³/mol. The van der Waals surface area contributed by atoms with Crippen molar-refractivity contribution in [2.24, 2.45) is 0 Å². The van der Waals surface area contributed by atoms with Gasteiger partial charge in [0.25, 0.3) is 0 Å². The smallest absolute Gasteiger partial charge is 0.143 e. The van der Waals surface area contributed by atoms with Gasteiger partial charge in [0.2, 0.25) is 0 Å². The Balaban J connectivity index is 3.40. The lowest BCUT2D eigenvalue weighted by Crippen LogP contribution is -1.56. The molecule has 0 aliphatic heterocycles. The molecular formula is C7H8O. The van der Waals surface area contributed by atoms with E-state index in [1.807, 2.05) is 6.92 Å². The van der Waals surface area contributed by atoms with Crippen molar-refractivity contribution in [1.29, 1.82) is 0 Å². The molecule has 0 radical (unpaired) electrons. The van der Waals surface area contributed by atoms with E-state index in [0.29, 0.717) is 6.29 Å². The summed E-state index contributed by atoms with van der Waals surface area (Å²) in [4.78, 5) is 9.61. The molecular weight excluding hydrogens is 100 g/mol. The van der Waals surface area contributed by atoms with Gasteiger partial charge in [-0.05, 0) is 12.2 Å². The summed E-state index contributed by atoms with van der Waals surface area (Å²) in [5, 5.41) is 0. The summed E-state index contributed by atoms with van der Waals surface area (Å²) in [5.74, 6) is 5.46. The molecule has 0 N–H and O–H groups in total. The summed E-state index contributed by atoms with van der Waals surface area (Å²) in [6.45, 7) is 1.96. The fourth-order valence-corrected chi connectivity index (χ4v) is 0.248. The van der Waals surface area contributed by atoms with Gasteiger partial charge >= 0.3 is 0 Å². The number of carbonyl (C=O) groups excluding carboxylic acids is 1. The molecule has 0 heterocycles. The molecule has 1 heteroatoms. The van der Waals surface area contributed by atoms with Crippen LogP contribution in [0.4, 0.5) is 0 Å². The van der Waals surface area contributed by atoms with Crippen LogP contribution >= 0.6 is 0 Å². The second-order valence-corrected chi connectivity index (χ2v) is 1.17. The van der Waals surface area contributed by atoms with Gasteiger partial charge in [-0.3, -0.25) is 4.79 Å². The highest BCUT2D eigenvalue weighted by Crippen LogP contribution is 1.67. The molecule has 0 atom stereocenters. The number of aldehydes is 1. The van der Waals surface area contributed by atoms with E-state index in [1.54, 1.807) is 0 Å². The summed E-state index contributed by atoms with van der Waals surface area (Å²) in [7, 11) is 0. The molecule has 8 heavy (non-hydrogen) atoms. The van der Waals surface area contributed by atoms with Crippen molar-refractivity contribution in [1.82, 2.24) is 0 Å². The lowest BCUT2D eigenvalue weighted by atomic mass is 10.4. The molecule has 0 bridgehead atoms. The van der Waals surface area contributed by atoms with Gasteiger partial charge in [0, 0.05) is 6.42 Å². The van der Waals surface area contributed by atoms with E-state index < -0.39 is 0 Å². The van der Waals surface area contributed by atoms with Gasteiger partial charge in [-0.1, -0.05) is 18.8 Å². The first-order valence-electron chi connectivity index (χ1n) is 2.50. The van der Waals surface area contributed by atoms with Crippen molar-refractivity contribution in [2.75, 3.05) is 0 Å². The molecule has 0 amide bonds. The van der Waals surface area contributed by atoms with Crippen molar-refractivity contribution in [3.8, 4) is 11.8 Å². The second-order valence-electron chi connectivity index (χ2n) is 1.17. The number of allylic oxidation sites excluding steroid dienone is 2. The zero-order valence-electron chi connectivity index (χ0n) is 4.85. The molecule has 0 aromatic rings. The van der Waals surface area contributed by atoms with Crippen molar-refractivity contribution < 1.29 is 4.79 Å². The van der Waals surface area contributed by atoms with Gasteiger partial charge < -0.3 is 0 Å². The molecule has 0 spiro atoms. The molecule has 0 aliphatic rings. The van der Waals surface area contributed by atoms with E-state index in [0.717, 1.165) is 6.42 Å². The van der Waals surface area contributed by atoms with Crippen LogP contribution in [-0.2, 0) is 4.79 Å². The van der Waals surface area contributed by atoms with E-state index >= 15 is 0 Å². The van der Waals surface area contributed by atoms with E-state index in [9.17, 15) is 4.79 Å². The molecule has 0 fully saturated rings. The third-order valence-corrected chi connectivity index (χ3v) is 0.537. The lowest BCUT2D eigenvalue weighted by molar-refractivity contribution is -0.104. The molecule has 0 aromatic heterocycles. The first-order valence-corrected chi connectivity index (χ1v) is 2.50. The molecule has 0 saturated carbocycles. The maximum atomic E-state index is 9.61. The Morgan fingerprint density at radius 2 is 2.38 bits per heavy atom. The zero-order chi connectivity index (χ0) is 6.24. The summed E-state index contributed by atoms with van der Waals surface area (Å²) in [5.41, 5.74) is 0. The van der Waals surface area contributed by atoms with Gasteiger partial charge in [0.05, 0.1) is 0 Å². The molecule has 42 valence electrons. The highest BCUT2D eigenvalue weighted by Gasteiger charge is 1.58. The SMILES string of the molecule is CCC#CC=CC=O. The average Bonchev–Trinajstić information content (AvgIpc) is 1.81. The molecule has 0 aromatic carbocycles. The number of rotatable bonds is 1. The van der Waals surface area contributed by atoms with Crippen LogP contribution in [0.5, 0.6) is 0 Å². The second kappa shape index (κ2) is 5.97. The van der Waals surface area contributed by atoms with Gasteiger partial charge in [-0.2, -0.15) is 0 Å². The first kappa shape index (κ1) is 6.97. The number of hydrogen-bond donors (Lipinski definition) is 0. The zero-order valence-corrected chi connectivity index (χ0v) is 4.85. The minimum Gasteiger partial charge on any atom is -0.299 e. The molecule has 0 saturated heterocycles. The third kappa shape index (κ3) is 4.97. The molecule has 0 rings (SSSR count). The maximum Gasteiger partial charge on any atom is 0.143 e. The van der Waals surface area contributed by atoms with Gasteiger partial charge in [0.1, 0.15) is 6.29 Å². The van der Waals surface area contributed by atoms with Crippen molar-refractivity contribution in [3.63, 3.8) is 0 Å². The standard InChI is InChI=1S/C7H8O/c1-2-3-4-5-6-7-8/h5-7H,2H2,1H3. The highest BCUT2D eigenvalue weighted by atomic mass is 16.1. The molecule has 1 nitrogen and oxygen atoms in total. The largest absolute Gasteiger partial charge is 0.299 e. The van der Waals surface area contributed by atoms with Crippen molar-refractivity contribution >= 4 is 6.29 Å². The fourth-order valence-electron chi connectivity index (χ4n) is 0.248. The Morgan fingerprint density at radius 3 is 2.88 bits per heavy atom. The van der Waals surface area contributed by atoms with Crippen LogP contribution < -0.4 is 0 Å². The Kier molecular flexibility index (Phi) is 5.20. The van der Waals surface area contributed by atoms with Crippen molar-refractivity contribution in [2.45, 2.75) is 13.3 Å². The van der Waals surface area contributed by atoms with Crippen LogP contribution in [0.15, 0.2) is 12.2 Å². The minimum absolute atomic E-state index is 0.713. The van der Waals surface area contributed by atoms with Crippen molar-refractivity contribution in [3.05, 3.63) is 12.2 Å². The lowest BCUT2D eigenvalue weighted by Gasteiger charge is -1.63. The molecule has 0 aliphatic carbocycles. The number of hydrogen-bond acceptors (Lipinski definition) is 1. The van der Waals surface area contributed by atoms with Crippen LogP contribution in [0.2, 0.25) is 0 Å². The quantitative estimate of drug-likeness (QED) is 0.280. The maximum absolute atomic E-state index is 9.61. The van der Waals surface area contributed by atoms with Gasteiger partial charge in [-0.15, -0.1) is 0 Å². The monoisotopic (exact) mass is 108 g/mol. The van der Waals surface area contributed by atoms with Crippen LogP contribution in [0, 0.1) is 11.8 Å². The van der Waals surface area contributed by atoms with Crippen LogP contribution in [0.25, 0.3) is 0 Å². The fraction of sp³-hybridized carbons (Fsp3) is 0.286. The average molecular weight is 108 g/mol. The Hall–Kier alpha value is -1.03. The Bertz CT molecular complexity index is 134. The summed E-state index contributed by atoms with van der Waals surface area (Å²) in [6, 6.07) is 0. The van der Waals surface area contributed by atoms with E-state index in [1.165, 1.54) is 12.2 Å². The van der Waals surface area contributed by atoms with E-state index in [4.69, 9.17) is 0 Å². The topological polar surface area (TPSA) is 17.1 Å². The van der Waals surface area contributed by atoms with Crippen LogP contribution in [0.1, 0.15) is 13.3 Å². The Labute approximate surface area is 49.4 Å². The summed E-state index contributed by atoms with van der Waals surface area (Å²) < 4.78 is 0. The third-order valence-electron chi connectivity index (χ3n) is 0.537. The Morgan fingerprint density at radius 1 is 1.62 bits per heavy atom. The summed E-state index contributed by atoms with van der Waals surface area (Å²) >= 11 is 0. The first-order chi connectivity index (χ1) is 3.91. The highest BCUT2D eigenvalue weighted by molar-refractivity contribution is 5.65. The van der Waals surface area contributed by atoms with Crippen LogP contribution in [0.3, 0.4) is 0 Å². The van der Waals surface area contributed by atoms with Crippen LogP contribution in [-0.4, -0.2) is 6.29 Å². The summed E-state index contributed by atoms with van der Waals surface area (Å²) in [6.07, 6.45) is 4.46. The van der Waals surface area contributed by atoms with E-state index in [2.05, 4.69) is 11.8 Å². The normalized spacial score (nSPS) is 8.12. The van der Waals surface area contributed by atoms with Gasteiger partial charge in [0.15, 0.2) is 0 Å². The molecule has 0 unspecified atom stereocenters. The van der Waals surface area contributed by atoms with E-state index in [-0.39, 0.29) is 0 Å². The predicted octanol–water partition coefficient (Wildman–Crippen LogP) is 1.15.